The Kier molecular flexibility index (Phi) is 12.0. The number of aliphatic carboxylic acids is 1. The molecule has 1 aromatic carbocycles. The van der Waals surface area contributed by atoms with Crippen molar-refractivity contribution in [1.29, 1.82) is 0 Å². The van der Waals surface area contributed by atoms with E-state index in [1.54, 1.807) is 6.08 Å². The minimum atomic E-state index is -0.747. The van der Waals surface area contributed by atoms with Crippen LogP contribution in [-0.4, -0.2) is 22.6 Å². The van der Waals surface area contributed by atoms with Crippen LogP contribution in [0, 0.1) is 11.8 Å². The van der Waals surface area contributed by atoms with E-state index < -0.39 is 5.97 Å². The number of aryl methyl sites for hydroxylation is 1. The van der Waals surface area contributed by atoms with Gasteiger partial charge in [-0.25, -0.2) is 0 Å². The number of hydrogen-bond donors (Lipinski definition) is 1. The fourth-order valence-corrected chi connectivity index (χ4v) is 4.61. The lowest BCUT2D eigenvalue weighted by atomic mass is 9.89. The Morgan fingerprint density at radius 1 is 0.969 bits per heavy atom. The van der Waals surface area contributed by atoms with Gasteiger partial charge in [-0.1, -0.05) is 82.2 Å². The molecule has 0 heterocycles. The number of carboxylic acids is 1. The van der Waals surface area contributed by atoms with Crippen molar-refractivity contribution >= 4 is 17.5 Å². The molecule has 176 valence electrons. The number of carbonyl (C=O) groups is 3. The number of carbonyl (C=O) groups excluding carboxylic acids is 2. The summed E-state index contributed by atoms with van der Waals surface area (Å²) in [5, 5.41) is 8.69. The quantitative estimate of drug-likeness (QED) is 0.171. The third kappa shape index (κ3) is 9.50. The van der Waals surface area contributed by atoms with Gasteiger partial charge in [-0.15, -0.1) is 0 Å². The van der Waals surface area contributed by atoms with Crippen molar-refractivity contribution in [2.75, 3.05) is 0 Å². The molecule has 2 atom stereocenters. The maximum Gasteiger partial charge on any atom is 0.303 e. The van der Waals surface area contributed by atoms with Crippen molar-refractivity contribution in [2.24, 2.45) is 11.8 Å². The maximum atomic E-state index is 12.6. The summed E-state index contributed by atoms with van der Waals surface area (Å²) >= 11 is 0. The second-order valence-corrected chi connectivity index (χ2v) is 9.21. The Bertz CT molecular complexity index is 747. The molecule has 1 saturated carbocycles. The zero-order valence-electron chi connectivity index (χ0n) is 19.7. The van der Waals surface area contributed by atoms with Gasteiger partial charge in [0.15, 0.2) is 5.78 Å². The number of Topliss-reactive ketones (excluding diaryl/α,β-unsaturated/α-hetero) is 1. The van der Waals surface area contributed by atoms with Gasteiger partial charge in [-0.2, -0.15) is 0 Å². The maximum absolute atomic E-state index is 12.6. The predicted octanol–water partition coefficient (Wildman–Crippen LogP) is 6.96. The molecule has 1 aliphatic carbocycles. The second kappa shape index (κ2) is 14.8. The van der Waals surface area contributed by atoms with E-state index in [-0.39, 0.29) is 24.0 Å². The van der Waals surface area contributed by atoms with Crippen molar-refractivity contribution < 1.29 is 19.5 Å². The SMILES string of the molecule is CCCCCCCc1ccc(C(=O)C=C[C@@H]2CCC(=O)[C@H]2CCCCCCC(=O)O)cc1. The molecule has 0 aliphatic heterocycles. The number of allylic oxidation sites excluding steroid dienone is 2. The Morgan fingerprint density at radius 3 is 2.38 bits per heavy atom. The molecule has 4 heteroatoms. The van der Waals surface area contributed by atoms with Crippen LogP contribution in [0.15, 0.2) is 36.4 Å². The summed E-state index contributed by atoms with van der Waals surface area (Å²) in [6, 6.07) is 7.96. The number of unbranched alkanes of at least 4 members (excludes halogenated alkanes) is 7. The molecule has 1 aromatic rings. The van der Waals surface area contributed by atoms with Crippen molar-refractivity contribution in [3.8, 4) is 0 Å². The molecule has 0 bridgehead atoms. The predicted molar refractivity (Wildman–Crippen MR) is 129 cm³/mol. The van der Waals surface area contributed by atoms with Crippen LogP contribution in [-0.2, 0) is 16.0 Å². The van der Waals surface area contributed by atoms with Crippen molar-refractivity contribution in [3.05, 3.63) is 47.5 Å². The highest BCUT2D eigenvalue weighted by atomic mass is 16.4. The second-order valence-electron chi connectivity index (χ2n) is 9.21. The standard InChI is InChI=1S/C28H40O4/c1-2-3-4-5-8-11-22-14-16-24(17-15-22)26(29)20-18-23-19-21-27(30)25(23)12-9-6-7-10-13-28(31)32/h14-18,20,23,25H,2-13,19,21H2,1H3,(H,31,32)/t23-,25+/m1/s1. The van der Waals surface area contributed by atoms with Gasteiger partial charge in [0, 0.05) is 24.3 Å². The van der Waals surface area contributed by atoms with E-state index in [1.165, 1.54) is 37.7 Å². The number of ketones is 2. The van der Waals surface area contributed by atoms with Crippen LogP contribution in [0.3, 0.4) is 0 Å². The average molecular weight is 441 g/mol. The molecule has 0 unspecified atom stereocenters. The molecular formula is C28H40O4. The fourth-order valence-electron chi connectivity index (χ4n) is 4.61. The number of benzene rings is 1. The summed E-state index contributed by atoms with van der Waals surface area (Å²) in [4.78, 5) is 35.5. The topological polar surface area (TPSA) is 71.4 Å². The van der Waals surface area contributed by atoms with Gasteiger partial charge in [0.2, 0.25) is 0 Å². The van der Waals surface area contributed by atoms with Crippen molar-refractivity contribution in [1.82, 2.24) is 0 Å². The molecule has 1 N–H and O–H groups in total. The Morgan fingerprint density at radius 2 is 1.66 bits per heavy atom. The van der Waals surface area contributed by atoms with Crippen LogP contribution in [0.25, 0.3) is 0 Å². The van der Waals surface area contributed by atoms with E-state index in [0.29, 0.717) is 24.2 Å². The minimum Gasteiger partial charge on any atom is -0.481 e. The largest absolute Gasteiger partial charge is 0.481 e. The molecule has 0 saturated heterocycles. The fraction of sp³-hybridized carbons (Fsp3) is 0.607. The van der Waals surface area contributed by atoms with Crippen LogP contribution >= 0.6 is 0 Å². The van der Waals surface area contributed by atoms with E-state index in [2.05, 4.69) is 19.1 Å². The first-order valence-corrected chi connectivity index (χ1v) is 12.6. The highest BCUT2D eigenvalue weighted by Crippen LogP contribution is 2.34. The molecular weight excluding hydrogens is 400 g/mol. The van der Waals surface area contributed by atoms with E-state index >= 15 is 0 Å². The highest BCUT2D eigenvalue weighted by molar-refractivity contribution is 6.04. The summed E-state index contributed by atoms with van der Waals surface area (Å²) in [6.07, 6.45) is 17.0. The lowest BCUT2D eigenvalue weighted by molar-refractivity contribution is -0.137. The summed E-state index contributed by atoms with van der Waals surface area (Å²) in [7, 11) is 0. The number of rotatable bonds is 16. The molecule has 0 amide bonds. The molecule has 4 nitrogen and oxygen atoms in total. The van der Waals surface area contributed by atoms with Crippen LogP contribution in [0.1, 0.15) is 106 Å². The van der Waals surface area contributed by atoms with Crippen LogP contribution in [0.2, 0.25) is 0 Å². The normalized spacial score (nSPS) is 18.5. The summed E-state index contributed by atoms with van der Waals surface area (Å²) in [6.45, 7) is 2.22. The van der Waals surface area contributed by atoms with Crippen LogP contribution in [0.4, 0.5) is 0 Å². The number of carboxylic acid groups (broad SMARTS) is 1. The van der Waals surface area contributed by atoms with E-state index in [9.17, 15) is 14.4 Å². The van der Waals surface area contributed by atoms with Gasteiger partial charge < -0.3 is 5.11 Å². The first-order chi connectivity index (χ1) is 15.5. The van der Waals surface area contributed by atoms with Gasteiger partial charge in [0.1, 0.15) is 5.78 Å². The number of hydrogen-bond acceptors (Lipinski definition) is 3. The minimum absolute atomic E-state index is 0.00580. The third-order valence-electron chi connectivity index (χ3n) is 6.61. The molecule has 0 aromatic heterocycles. The summed E-state index contributed by atoms with van der Waals surface area (Å²) in [5.41, 5.74) is 1.99. The average Bonchev–Trinajstić information content (AvgIpc) is 3.14. The van der Waals surface area contributed by atoms with E-state index in [1.807, 2.05) is 18.2 Å². The van der Waals surface area contributed by atoms with Crippen molar-refractivity contribution in [3.63, 3.8) is 0 Å². The summed E-state index contributed by atoms with van der Waals surface area (Å²) < 4.78 is 0. The zero-order valence-corrected chi connectivity index (χ0v) is 19.7. The van der Waals surface area contributed by atoms with Gasteiger partial charge in [0.05, 0.1) is 0 Å². The van der Waals surface area contributed by atoms with Gasteiger partial charge in [-0.05, 0) is 49.7 Å². The van der Waals surface area contributed by atoms with Crippen LogP contribution < -0.4 is 0 Å². The highest BCUT2D eigenvalue weighted by Gasteiger charge is 2.32. The van der Waals surface area contributed by atoms with Gasteiger partial charge >= 0.3 is 5.97 Å². The van der Waals surface area contributed by atoms with E-state index in [4.69, 9.17) is 5.11 Å². The lowest BCUT2D eigenvalue weighted by Crippen LogP contribution is -2.13. The van der Waals surface area contributed by atoms with Gasteiger partial charge in [-0.3, -0.25) is 14.4 Å². The molecule has 1 aliphatic rings. The van der Waals surface area contributed by atoms with Crippen molar-refractivity contribution in [2.45, 2.75) is 96.8 Å². The molecule has 2 rings (SSSR count). The Labute approximate surface area is 193 Å². The molecule has 1 fully saturated rings. The lowest BCUT2D eigenvalue weighted by Gasteiger charge is -2.14. The molecule has 0 radical (unpaired) electrons. The van der Waals surface area contributed by atoms with Gasteiger partial charge in [0.25, 0.3) is 0 Å². The van der Waals surface area contributed by atoms with E-state index in [0.717, 1.165) is 38.5 Å². The monoisotopic (exact) mass is 440 g/mol. The first-order valence-electron chi connectivity index (χ1n) is 12.6. The zero-order chi connectivity index (χ0) is 23.2. The smallest absolute Gasteiger partial charge is 0.303 e. The summed E-state index contributed by atoms with van der Waals surface area (Å²) in [5.74, 6) is -0.281. The third-order valence-corrected chi connectivity index (χ3v) is 6.61. The Balaban J connectivity index is 1.77. The molecule has 32 heavy (non-hydrogen) atoms. The molecule has 0 spiro atoms. The Hall–Kier alpha value is -2.23. The first kappa shape index (κ1) is 26.0. The van der Waals surface area contributed by atoms with Crippen LogP contribution in [0.5, 0.6) is 0 Å².